The van der Waals surface area contributed by atoms with Gasteiger partial charge in [-0.25, -0.2) is 4.39 Å². The van der Waals surface area contributed by atoms with Gasteiger partial charge in [-0.3, -0.25) is 0 Å². The summed E-state index contributed by atoms with van der Waals surface area (Å²) in [6, 6.07) is 16.9. The zero-order chi connectivity index (χ0) is 13.0. The van der Waals surface area contributed by atoms with Gasteiger partial charge in [0.2, 0.25) is 0 Å². The monoisotopic (exact) mass is 243 g/mol. The Morgan fingerprint density at radius 2 is 1.61 bits per heavy atom. The van der Waals surface area contributed by atoms with Crippen molar-refractivity contribution in [1.82, 2.24) is 0 Å². The molecule has 94 valence electrons. The molecule has 18 heavy (non-hydrogen) atoms. The molecule has 0 bridgehead atoms. The van der Waals surface area contributed by atoms with Crippen LogP contribution in [0.15, 0.2) is 54.6 Å². The average molecular weight is 243 g/mol. The van der Waals surface area contributed by atoms with Gasteiger partial charge in [0, 0.05) is 12.0 Å². The molecule has 0 aliphatic rings. The van der Waals surface area contributed by atoms with E-state index in [4.69, 9.17) is 5.73 Å². The van der Waals surface area contributed by atoms with Gasteiger partial charge in [0.1, 0.15) is 5.82 Å². The van der Waals surface area contributed by atoms with Crippen molar-refractivity contribution in [2.45, 2.75) is 18.8 Å². The lowest BCUT2D eigenvalue weighted by atomic mass is 9.77. The molecule has 1 nitrogen and oxygen atoms in total. The first kappa shape index (κ1) is 12.8. The van der Waals surface area contributed by atoms with E-state index in [1.807, 2.05) is 30.3 Å². The predicted molar refractivity (Wildman–Crippen MR) is 73.0 cm³/mol. The van der Waals surface area contributed by atoms with Gasteiger partial charge in [-0.1, -0.05) is 49.4 Å². The van der Waals surface area contributed by atoms with Gasteiger partial charge in [-0.2, -0.15) is 0 Å². The lowest BCUT2D eigenvalue weighted by Crippen LogP contribution is -2.34. The molecule has 0 saturated heterocycles. The molecule has 2 rings (SSSR count). The van der Waals surface area contributed by atoms with Crippen molar-refractivity contribution in [3.05, 3.63) is 71.5 Å². The molecule has 0 fully saturated rings. The molecule has 0 saturated carbocycles. The lowest BCUT2D eigenvalue weighted by molar-refractivity contribution is 0.479. The molecule has 1 unspecified atom stereocenters. The highest BCUT2D eigenvalue weighted by atomic mass is 19.1. The standard InChI is InChI=1S/C16H18FN/c1-16(12-18,11-13-5-3-2-4-6-13)14-7-9-15(17)10-8-14/h2-10H,11-12,18H2,1H3. The SMILES string of the molecule is CC(CN)(Cc1ccccc1)c1ccc(F)cc1. The highest BCUT2D eigenvalue weighted by Gasteiger charge is 2.25. The molecule has 0 radical (unpaired) electrons. The van der Waals surface area contributed by atoms with Crippen LogP contribution < -0.4 is 5.73 Å². The molecule has 2 N–H and O–H groups in total. The quantitative estimate of drug-likeness (QED) is 0.876. The number of nitrogens with two attached hydrogens (primary N) is 1. The molecule has 1 atom stereocenters. The number of rotatable bonds is 4. The third-order valence-electron chi connectivity index (χ3n) is 3.43. The van der Waals surface area contributed by atoms with Gasteiger partial charge < -0.3 is 5.73 Å². The first-order valence-corrected chi connectivity index (χ1v) is 6.14. The van der Waals surface area contributed by atoms with Crippen molar-refractivity contribution < 1.29 is 4.39 Å². The van der Waals surface area contributed by atoms with Gasteiger partial charge in [0.05, 0.1) is 0 Å². The lowest BCUT2D eigenvalue weighted by Gasteiger charge is -2.29. The summed E-state index contributed by atoms with van der Waals surface area (Å²) in [6.07, 6.45) is 0.857. The summed E-state index contributed by atoms with van der Waals surface area (Å²) < 4.78 is 13.0. The van der Waals surface area contributed by atoms with Crippen molar-refractivity contribution in [2.24, 2.45) is 5.73 Å². The Kier molecular flexibility index (Phi) is 3.78. The fraction of sp³-hybridized carbons (Fsp3) is 0.250. The van der Waals surface area contributed by atoms with Crippen LogP contribution in [0.3, 0.4) is 0 Å². The summed E-state index contributed by atoms with van der Waals surface area (Å²) >= 11 is 0. The minimum absolute atomic E-state index is 0.158. The molecule has 0 aliphatic carbocycles. The molecule has 0 amide bonds. The number of benzene rings is 2. The van der Waals surface area contributed by atoms with Gasteiger partial charge in [-0.05, 0) is 29.7 Å². The van der Waals surface area contributed by atoms with E-state index in [1.54, 1.807) is 0 Å². The molecule has 0 heterocycles. The second-order valence-electron chi connectivity index (χ2n) is 4.93. The second-order valence-corrected chi connectivity index (χ2v) is 4.93. The van der Waals surface area contributed by atoms with Crippen molar-refractivity contribution in [2.75, 3.05) is 6.54 Å². The molecule has 0 spiro atoms. The Morgan fingerprint density at radius 1 is 1.00 bits per heavy atom. The van der Waals surface area contributed by atoms with Gasteiger partial charge in [0.15, 0.2) is 0 Å². The van der Waals surface area contributed by atoms with Crippen LogP contribution in [-0.4, -0.2) is 6.54 Å². The highest BCUT2D eigenvalue weighted by Crippen LogP contribution is 2.27. The Hall–Kier alpha value is -1.67. The van der Waals surface area contributed by atoms with Crippen LogP contribution in [0.4, 0.5) is 4.39 Å². The Morgan fingerprint density at radius 3 is 2.17 bits per heavy atom. The van der Waals surface area contributed by atoms with Gasteiger partial charge in [-0.15, -0.1) is 0 Å². The minimum atomic E-state index is -0.210. The topological polar surface area (TPSA) is 26.0 Å². The van der Waals surface area contributed by atoms with E-state index >= 15 is 0 Å². The maximum absolute atomic E-state index is 13.0. The van der Waals surface area contributed by atoms with Gasteiger partial charge >= 0.3 is 0 Å². The fourth-order valence-electron chi connectivity index (χ4n) is 2.19. The van der Waals surface area contributed by atoms with E-state index < -0.39 is 0 Å². The molecule has 0 aliphatic heterocycles. The van der Waals surface area contributed by atoms with E-state index in [9.17, 15) is 4.39 Å². The molecule has 0 aromatic heterocycles. The van der Waals surface area contributed by atoms with E-state index in [0.717, 1.165) is 12.0 Å². The van der Waals surface area contributed by atoms with Crippen molar-refractivity contribution in [3.8, 4) is 0 Å². The molecular weight excluding hydrogens is 225 g/mol. The van der Waals surface area contributed by atoms with Crippen LogP contribution in [0.1, 0.15) is 18.1 Å². The summed E-state index contributed by atoms with van der Waals surface area (Å²) in [5, 5.41) is 0. The van der Waals surface area contributed by atoms with E-state index in [-0.39, 0.29) is 11.2 Å². The smallest absolute Gasteiger partial charge is 0.123 e. The van der Waals surface area contributed by atoms with Crippen LogP contribution in [0, 0.1) is 5.82 Å². The molecule has 2 aromatic rings. The number of hydrogen-bond acceptors (Lipinski definition) is 1. The molecule has 2 heteroatoms. The summed E-state index contributed by atoms with van der Waals surface area (Å²) in [6.45, 7) is 2.65. The average Bonchev–Trinajstić information content (AvgIpc) is 2.40. The number of hydrogen-bond donors (Lipinski definition) is 1. The van der Waals surface area contributed by atoms with E-state index in [2.05, 4.69) is 19.1 Å². The van der Waals surface area contributed by atoms with Crippen LogP contribution in [-0.2, 0) is 11.8 Å². The van der Waals surface area contributed by atoms with E-state index in [1.165, 1.54) is 17.7 Å². The highest BCUT2D eigenvalue weighted by molar-refractivity contribution is 5.29. The Labute approximate surface area is 107 Å². The minimum Gasteiger partial charge on any atom is -0.330 e. The Bertz CT molecular complexity index is 492. The van der Waals surface area contributed by atoms with Crippen LogP contribution in [0.25, 0.3) is 0 Å². The van der Waals surface area contributed by atoms with Crippen LogP contribution in [0.5, 0.6) is 0 Å². The summed E-state index contributed by atoms with van der Waals surface area (Å²) in [5.41, 5.74) is 8.10. The summed E-state index contributed by atoms with van der Waals surface area (Å²) in [5.74, 6) is -0.210. The third-order valence-corrected chi connectivity index (χ3v) is 3.43. The maximum Gasteiger partial charge on any atom is 0.123 e. The summed E-state index contributed by atoms with van der Waals surface area (Å²) in [4.78, 5) is 0. The van der Waals surface area contributed by atoms with Crippen molar-refractivity contribution in [3.63, 3.8) is 0 Å². The first-order chi connectivity index (χ1) is 8.64. The van der Waals surface area contributed by atoms with E-state index in [0.29, 0.717) is 6.54 Å². The molecule has 2 aromatic carbocycles. The predicted octanol–water partition coefficient (Wildman–Crippen LogP) is 3.28. The van der Waals surface area contributed by atoms with Crippen molar-refractivity contribution >= 4 is 0 Å². The maximum atomic E-state index is 13.0. The van der Waals surface area contributed by atoms with Crippen LogP contribution >= 0.6 is 0 Å². The number of halogens is 1. The zero-order valence-corrected chi connectivity index (χ0v) is 10.6. The van der Waals surface area contributed by atoms with Gasteiger partial charge in [0.25, 0.3) is 0 Å². The van der Waals surface area contributed by atoms with Crippen molar-refractivity contribution in [1.29, 1.82) is 0 Å². The van der Waals surface area contributed by atoms with Crippen LogP contribution in [0.2, 0.25) is 0 Å². The summed E-state index contributed by atoms with van der Waals surface area (Å²) in [7, 11) is 0. The fourth-order valence-corrected chi connectivity index (χ4v) is 2.19. The second kappa shape index (κ2) is 5.32. The molecular formula is C16H18FN. The normalized spacial score (nSPS) is 14.2. The largest absolute Gasteiger partial charge is 0.330 e. The first-order valence-electron chi connectivity index (χ1n) is 6.14. The third kappa shape index (κ3) is 2.77. The zero-order valence-electron chi connectivity index (χ0n) is 10.6. The Balaban J connectivity index is 2.28.